The highest BCUT2D eigenvalue weighted by molar-refractivity contribution is 9.10. The lowest BCUT2D eigenvalue weighted by atomic mass is 9.67. The molecular formula is C22H32BrNO3. The maximum atomic E-state index is 12.5. The van der Waals surface area contributed by atoms with E-state index < -0.39 is 11.5 Å². The first-order chi connectivity index (χ1) is 12.7. The molecule has 2 atom stereocenters. The Balaban J connectivity index is 2.23. The fraction of sp³-hybridized carbons (Fsp3) is 0.591. The van der Waals surface area contributed by atoms with Gasteiger partial charge in [0.05, 0.1) is 12.4 Å². The summed E-state index contributed by atoms with van der Waals surface area (Å²) in [5.41, 5.74) is 1.45. The van der Waals surface area contributed by atoms with Crippen molar-refractivity contribution in [3.63, 3.8) is 0 Å². The molecule has 1 aromatic carbocycles. The Hall–Kier alpha value is -1.33. The number of halogens is 1. The molecule has 0 saturated heterocycles. The smallest absolute Gasteiger partial charge is 0.415 e. The number of hydrogen-bond acceptors (Lipinski definition) is 3. The van der Waals surface area contributed by atoms with Gasteiger partial charge in [-0.2, -0.15) is 0 Å². The van der Waals surface area contributed by atoms with Crippen molar-refractivity contribution in [3.8, 4) is 0 Å². The van der Waals surface area contributed by atoms with Gasteiger partial charge >= 0.3 is 6.09 Å². The number of hydrogen-bond donors (Lipinski definition) is 1. The van der Waals surface area contributed by atoms with E-state index in [0.29, 0.717) is 0 Å². The number of nitrogens with zero attached hydrogens (tertiary/aromatic N) is 1. The first-order valence-corrected chi connectivity index (χ1v) is 10.6. The predicted molar refractivity (Wildman–Crippen MR) is 112 cm³/mol. The molecule has 5 heteroatoms. The number of benzene rings is 1. The van der Waals surface area contributed by atoms with Crippen molar-refractivity contribution >= 4 is 22.0 Å². The normalized spacial score (nSPS) is 22.9. The molecule has 0 bridgehead atoms. The fourth-order valence-electron chi connectivity index (χ4n) is 3.97. The maximum Gasteiger partial charge on any atom is 0.415 e. The number of carbonyl (C=O) groups is 1. The summed E-state index contributed by atoms with van der Waals surface area (Å²) >= 11 is 3.44. The second-order valence-corrected chi connectivity index (χ2v) is 9.12. The summed E-state index contributed by atoms with van der Waals surface area (Å²) in [6.07, 6.45) is 4.43. The predicted octanol–water partition coefficient (Wildman–Crippen LogP) is 6.20. The molecule has 1 aromatic rings. The van der Waals surface area contributed by atoms with Gasteiger partial charge in [-0.25, -0.2) is 4.79 Å². The summed E-state index contributed by atoms with van der Waals surface area (Å²) in [5.74, 6) is 0. The number of carbonyl (C=O) groups excluding carboxylic acids is 1. The van der Waals surface area contributed by atoms with Crippen LogP contribution in [0.25, 0.3) is 0 Å². The average Bonchev–Trinajstić information content (AvgIpc) is 2.60. The maximum absolute atomic E-state index is 12.5. The molecule has 27 heavy (non-hydrogen) atoms. The summed E-state index contributed by atoms with van der Waals surface area (Å²) in [6.45, 7) is 10.0. The van der Waals surface area contributed by atoms with Crippen LogP contribution in [-0.4, -0.2) is 28.2 Å². The van der Waals surface area contributed by atoms with Gasteiger partial charge in [0.15, 0.2) is 0 Å². The van der Waals surface area contributed by atoms with E-state index in [1.165, 1.54) is 0 Å². The van der Waals surface area contributed by atoms with Gasteiger partial charge in [-0.1, -0.05) is 41.4 Å². The number of rotatable bonds is 5. The van der Waals surface area contributed by atoms with Crippen molar-refractivity contribution in [2.24, 2.45) is 5.41 Å². The van der Waals surface area contributed by atoms with Crippen molar-refractivity contribution in [2.75, 3.05) is 0 Å². The zero-order chi connectivity index (χ0) is 20.2. The second kappa shape index (κ2) is 9.24. The second-order valence-electron chi connectivity index (χ2n) is 8.20. The van der Waals surface area contributed by atoms with Crippen molar-refractivity contribution in [3.05, 3.63) is 46.1 Å². The van der Waals surface area contributed by atoms with Gasteiger partial charge in [-0.15, -0.1) is 0 Å². The summed E-state index contributed by atoms with van der Waals surface area (Å²) in [5, 5.41) is 11.1. The first kappa shape index (κ1) is 22.0. The van der Waals surface area contributed by atoms with E-state index in [4.69, 9.17) is 4.74 Å². The van der Waals surface area contributed by atoms with Gasteiger partial charge in [-0.05, 0) is 70.2 Å². The fourth-order valence-corrected chi connectivity index (χ4v) is 4.24. The monoisotopic (exact) mass is 437 g/mol. The van der Waals surface area contributed by atoms with E-state index >= 15 is 0 Å². The van der Waals surface area contributed by atoms with Gasteiger partial charge in [0.25, 0.3) is 0 Å². The largest absolute Gasteiger partial charge is 0.418 e. The quantitative estimate of drug-likeness (QED) is 0.557. The van der Waals surface area contributed by atoms with Crippen LogP contribution >= 0.6 is 15.9 Å². The standard InChI is InChI=1S/C22H32BrNO3/c1-15(2)24(16(3)4)21(26)27-14-18-8-6-7-13-22(18,5)20(25)17-9-11-19(23)12-10-17/h9-12,14-16,20,25H,6-8,13H2,1-5H3/b18-14+/t20-,22-/m1/s1. The lowest BCUT2D eigenvalue weighted by molar-refractivity contribution is 0.0402. The highest BCUT2D eigenvalue weighted by atomic mass is 79.9. The average molecular weight is 438 g/mol. The van der Waals surface area contributed by atoms with Crippen LogP contribution in [0.2, 0.25) is 0 Å². The third-order valence-electron chi connectivity index (χ3n) is 5.54. The van der Waals surface area contributed by atoms with E-state index in [1.54, 1.807) is 11.2 Å². The summed E-state index contributed by atoms with van der Waals surface area (Å²) < 4.78 is 6.56. The minimum absolute atomic E-state index is 0.0713. The molecule has 0 spiro atoms. The van der Waals surface area contributed by atoms with E-state index in [1.807, 2.05) is 52.0 Å². The molecule has 1 fully saturated rings. The molecular weight excluding hydrogens is 406 g/mol. The Morgan fingerprint density at radius 1 is 1.19 bits per heavy atom. The number of aliphatic hydroxyl groups excluding tert-OH is 1. The molecule has 1 saturated carbocycles. The molecule has 1 N–H and O–H groups in total. The molecule has 1 aliphatic carbocycles. The third kappa shape index (κ3) is 5.14. The number of aliphatic hydroxyl groups is 1. The number of amides is 1. The lowest BCUT2D eigenvalue weighted by Crippen LogP contribution is -2.42. The Kier molecular flexibility index (Phi) is 7.52. The molecule has 1 amide bonds. The molecule has 4 nitrogen and oxygen atoms in total. The Morgan fingerprint density at radius 3 is 2.33 bits per heavy atom. The van der Waals surface area contributed by atoms with Crippen LogP contribution in [0.3, 0.4) is 0 Å². The van der Waals surface area contributed by atoms with Gasteiger partial charge < -0.3 is 14.7 Å². The molecule has 0 aromatic heterocycles. The van der Waals surface area contributed by atoms with Crippen molar-refractivity contribution in [2.45, 2.75) is 78.5 Å². The van der Waals surface area contributed by atoms with Gasteiger partial charge in [0.2, 0.25) is 0 Å². The molecule has 0 heterocycles. The molecule has 0 radical (unpaired) electrons. The lowest BCUT2D eigenvalue weighted by Gasteiger charge is -2.40. The summed E-state index contributed by atoms with van der Waals surface area (Å²) in [4.78, 5) is 14.3. The van der Waals surface area contributed by atoms with Crippen LogP contribution in [0.1, 0.15) is 72.0 Å². The molecule has 1 aliphatic rings. The Labute approximate surface area is 171 Å². The molecule has 0 unspecified atom stereocenters. The highest BCUT2D eigenvalue weighted by Gasteiger charge is 2.39. The van der Waals surface area contributed by atoms with Crippen molar-refractivity contribution < 1.29 is 14.6 Å². The van der Waals surface area contributed by atoms with E-state index in [0.717, 1.165) is 41.3 Å². The third-order valence-corrected chi connectivity index (χ3v) is 6.07. The molecule has 0 aliphatic heterocycles. The minimum Gasteiger partial charge on any atom is -0.418 e. The zero-order valence-corrected chi connectivity index (χ0v) is 18.6. The van der Waals surface area contributed by atoms with Crippen LogP contribution < -0.4 is 0 Å². The minimum atomic E-state index is -0.637. The summed E-state index contributed by atoms with van der Waals surface area (Å²) in [7, 11) is 0. The number of ether oxygens (including phenoxy) is 1. The van der Waals surface area contributed by atoms with Crippen molar-refractivity contribution in [1.82, 2.24) is 4.90 Å². The van der Waals surface area contributed by atoms with Crippen LogP contribution in [0.4, 0.5) is 4.79 Å². The Morgan fingerprint density at radius 2 is 1.78 bits per heavy atom. The molecule has 2 rings (SSSR count). The van der Waals surface area contributed by atoms with Gasteiger partial charge in [-0.3, -0.25) is 0 Å². The van der Waals surface area contributed by atoms with Crippen LogP contribution in [-0.2, 0) is 4.74 Å². The van der Waals surface area contributed by atoms with Crippen molar-refractivity contribution in [1.29, 1.82) is 0 Å². The van der Waals surface area contributed by atoms with Crippen LogP contribution in [0, 0.1) is 5.41 Å². The Bertz CT molecular complexity index is 661. The summed E-state index contributed by atoms with van der Waals surface area (Å²) in [6, 6.07) is 7.91. The topological polar surface area (TPSA) is 49.8 Å². The van der Waals surface area contributed by atoms with Gasteiger partial charge in [0.1, 0.15) is 0 Å². The van der Waals surface area contributed by atoms with E-state index in [2.05, 4.69) is 22.9 Å². The first-order valence-electron chi connectivity index (χ1n) is 9.79. The van der Waals surface area contributed by atoms with Gasteiger partial charge in [0, 0.05) is 22.0 Å². The van der Waals surface area contributed by atoms with Crippen LogP contribution in [0.5, 0.6) is 0 Å². The van der Waals surface area contributed by atoms with E-state index in [9.17, 15) is 9.90 Å². The van der Waals surface area contributed by atoms with E-state index in [-0.39, 0.29) is 18.2 Å². The molecule has 150 valence electrons. The SMILES string of the molecule is CC(C)N(C(=O)O/C=C1\CCCC[C@@]1(C)[C@H](O)c1ccc(Br)cc1)C(C)C. The van der Waals surface area contributed by atoms with Crippen LogP contribution in [0.15, 0.2) is 40.6 Å². The zero-order valence-electron chi connectivity index (χ0n) is 17.0. The highest BCUT2D eigenvalue weighted by Crippen LogP contribution is 2.49.